The highest BCUT2D eigenvalue weighted by molar-refractivity contribution is 9.10. The fourth-order valence-electron chi connectivity index (χ4n) is 1.92. The fourth-order valence-corrected chi connectivity index (χ4v) is 2.24. The standard InChI is InChI=1S/C10H11BrN2O/c1-13-6-10(2-3-10)14-9-8(13)4-7(11)5-12-9/h4-5H,2-3,6H2,1H3. The molecule has 4 heteroatoms. The first-order valence-corrected chi connectivity index (χ1v) is 5.54. The maximum atomic E-state index is 5.88. The lowest BCUT2D eigenvalue weighted by Gasteiger charge is -2.33. The van der Waals surface area contributed by atoms with E-state index in [0.717, 1.165) is 35.4 Å². The number of ether oxygens (including phenoxy) is 1. The Morgan fingerprint density at radius 3 is 3.07 bits per heavy atom. The number of likely N-dealkylation sites (N-methyl/N-ethyl adjacent to an activating group) is 1. The molecule has 0 unspecified atom stereocenters. The largest absolute Gasteiger partial charge is 0.468 e. The molecule has 0 amide bonds. The van der Waals surface area contributed by atoms with Crippen molar-refractivity contribution in [3.63, 3.8) is 0 Å². The van der Waals surface area contributed by atoms with E-state index in [0.29, 0.717) is 0 Å². The Hall–Kier alpha value is -0.770. The zero-order chi connectivity index (χ0) is 9.76. The number of hydrogen-bond donors (Lipinski definition) is 0. The molecule has 1 aliphatic heterocycles. The number of hydrogen-bond acceptors (Lipinski definition) is 3. The normalized spacial score (nSPS) is 21.7. The van der Waals surface area contributed by atoms with Gasteiger partial charge in [0.25, 0.3) is 0 Å². The zero-order valence-electron chi connectivity index (χ0n) is 7.96. The summed E-state index contributed by atoms with van der Waals surface area (Å²) in [4.78, 5) is 6.52. The second kappa shape index (κ2) is 2.63. The average Bonchev–Trinajstić information content (AvgIpc) is 2.87. The summed E-state index contributed by atoms with van der Waals surface area (Å²) in [5, 5.41) is 0. The Kier molecular flexibility index (Phi) is 1.60. The van der Waals surface area contributed by atoms with Crippen molar-refractivity contribution in [1.29, 1.82) is 0 Å². The van der Waals surface area contributed by atoms with Crippen molar-refractivity contribution >= 4 is 21.6 Å². The van der Waals surface area contributed by atoms with Crippen LogP contribution in [0.15, 0.2) is 16.7 Å². The van der Waals surface area contributed by atoms with Crippen molar-refractivity contribution in [3.8, 4) is 5.88 Å². The molecule has 0 radical (unpaired) electrons. The summed E-state index contributed by atoms with van der Waals surface area (Å²) in [6.45, 7) is 0.984. The van der Waals surface area contributed by atoms with Crippen LogP contribution in [0.2, 0.25) is 0 Å². The molecular formula is C10H11BrN2O. The summed E-state index contributed by atoms with van der Waals surface area (Å²) in [5.41, 5.74) is 1.17. The van der Waals surface area contributed by atoms with Gasteiger partial charge in [0.2, 0.25) is 5.88 Å². The molecule has 0 bridgehead atoms. The van der Waals surface area contributed by atoms with Crippen LogP contribution in [-0.4, -0.2) is 24.2 Å². The molecule has 0 saturated heterocycles. The number of halogens is 1. The molecule has 2 heterocycles. The van der Waals surface area contributed by atoms with E-state index in [4.69, 9.17) is 4.74 Å². The Bertz CT molecular complexity index is 390. The van der Waals surface area contributed by atoms with Gasteiger partial charge in [-0.1, -0.05) is 0 Å². The first-order valence-electron chi connectivity index (χ1n) is 4.74. The summed E-state index contributed by atoms with van der Waals surface area (Å²) in [6.07, 6.45) is 4.11. The molecular weight excluding hydrogens is 244 g/mol. The summed E-state index contributed by atoms with van der Waals surface area (Å²) < 4.78 is 6.88. The number of anilines is 1. The van der Waals surface area contributed by atoms with Crippen molar-refractivity contribution in [3.05, 3.63) is 16.7 Å². The molecule has 1 fully saturated rings. The minimum atomic E-state index is 0.0859. The second-order valence-corrected chi connectivity index (χ2v) is 5.03. The van der Waals surface area contributed by atoms with Crippen LogP contribution in [0.5, 0.6) is 5.88 Å². The molecule has 1 aliphatic carbocycles. The molecule has 0 N–H and O–H groups in total. The van der Waals surface area contributed by atoms with Gasteiger partial charge in [-0.05, 0) is 34.8 Å². The highest BCUT2D eigenvalue weighted by Gasteiger charge is 2.49. The molecule has 1 aromatic heterocycles. The topological polar surface area (TPSA) is 25.4 Å². The smallest absolute Gasteiger partial charge is 0.238 e. The lowest BCUT2D eigenvalue weighted by molar-refractivity contribution is 0.165. The van der Waals surface area contributed by atoms with Gasteiger partial charge in [0.05, 0.1) is 6.54 Å². The molecule has 0 atom stereocenters. The Labute approximate surface area is 91.2 Å². The van der Waals surface area contributed by atoms with Gasteiger partial charge in [0, 0.05) is 17.7 Å². The number of pyridine rings is 1. The molecule has 0 aromatic carbocycles. The molecule has 3 rings (SSSR count). The van der Waals surface area contributed by atoms with Crippen LogP contribution in [0, 0.1) is 0 Å². The van der Waals surface area contributed by atoms with Gasteiger partial charge >= 0.3 is 0 Å². The van der Waals surface area contributed by atoms with Gasteiger partial charge in [-0.2, -0.15) is 0 Å². The van der Waals surface area contributed by atoms with Gasteiger partial charge in [-0.15, -0.1) is 0 Å². The van der Waals surface area contributed by atoms with Gasteiger partial charge in [0.1, 0.15) is 11.3 Å². The van der Waals surface area contributed by atoms with Crippen molar-refractivity contribution in [2.45, 2.75) is 18.4 Å². The van der Waals surface area contributed by atoms with Crippen LogP contribution in [0.4, 0.5) is 5.69 Å². The summed E-state index contributed by atoms with van der Waals surface area (Å²) >= 11 is 3.42. The lowest BCUT2D eigenvalue weighted by Crippen LogP contribution is -2.39. The van der Waals surface area contributed by atoms with Gasteiger partial charge in [0.15, 0.2) is 0 Å². The Morgan fingerprint density at radius 2 is 2.36 bits per heavy atom. The molecule has 1 saturated carbocycles. The molecule has 3 nitrogen and oxygen atoms in total. The highest BCUT2D eigenvalue weighted by atomic mass is 79.9. The number of nitrogens with zero attached hydrogens (tertiary/aromatic N) is 2. The average molecular weight is 255 g/mol. The molecule has 14 heavy (non-hydrogen) atoms. The predicted octanol–water partition coefficient (Wildman–Crippen LogP) is 2.21. The van der Waals surface area contributed by atoms with E-state index in [2.05, 4.69) is 38.9 Å². The van der Waals surface area contributed by atoms with Crippen LogP contribution in [0.3, 0.4) is 0 Å². The minimum Gasteiger partial charge on any atom is -0.468 e. The summed E-state index contributed by atoms with van der Waals surface area (Å²) in [5.74, 6) is 0.777. The molecule has 1 aromatic rings. The van der Waals surface area contributed by atoms with Gasteiger partial charge in [-0.25, -0.2) is 4.98 Å². The molecule has 2 aliphatic rings. The van der Waals surface area contributed by atoms with Gasteiger partial charge < -0.3 is 9.64 Å². The maximum Gasteiger partial charge on any atom is 0.238 e. The highest BCUT2D eigenvalue weighted by Crippen LogP contribution is 2.47. The van der Waals surface area contributed by atoms with Crippen LogP contribution in [0.25, 0.3) is 0 Å². The second-order valence-electron chi connectivity index (χ2n) is 4.12. The lowest BCUT2D eigenvalue weighted by atomic mass is 10.2. The number of rotatable bonds is 0. The van der Waals surface area contributed by atoms with Gasteiger partial charge in [-0.3, -0.25) is 0 Å². The number of fused-ring (bicyclic) bond motifs is 1. The van der Waals surface area contributed by atoms with E-state index in [1.54, 1.807) is 6.20 Å². The third-order valence-electron chi connectivity index (χ3n) is 2.86. The van der Waals surface area contributed by atoms with Crippen LogP contribution in [0.1, 0.15) is 12.8 Å². The van der Waals surface area contributed by atoms with E-state index < -0.39 is 0 Å². The SMILES string of the molecule is CN1CC2(CC2)Oc2ncc(Br)cc21. The predicted molar refractivity (Wildman–Crippen MR) is 57.8 cm³/mol. The Balaban J connectivity index is 2.06. The van der Waals surface area contributed by atoms with Crippen molar-refractivity contribution in [2.24, 2.45) is 0 Å². The van der Waals surface area contributed by atoms with E-state index in [-0.39, 0.29) is 5.60 Å². The maximum absolute atomic E-state index is 5.88. The first kappa shape index (κ1) is 8.53. The summed E-state index contributed by atoms with van der Waals surface area (Å²) in [7, 11) is 2.09. The number of aromatic nitrogens is 1. The third-order valence-corrected chi connectivity index (χ3v) is 3.29. The molecule has 1 spiro atoms. The van der Waals surface area contributed by atoms with Crippen LogP contribution in [-0.2, 0) is 0 Å². The third kappa shape index (κ3) is 1.21. The minimum absolute atomic E-state index is 0.0859. The molecule has 74 valence electrons. The van der Waals surface area contributed by atoms with E-state index >= 15 is 0 Å². The van der Waals surface area contributed by atoms with E-state index in [1.807, 2.05) is 0 Å². The van der Waals surface area contributed by atoms with Crippen molar-refractivity contribution in [2.75, 3.05) is 18.5 Å². The Morgan fingerprint density at radius 1 is 1.57 bits per heavy atom. The van der Waals surface area contributed by atoms with Crippen LogP contribution < -0.4 is 9.64 Å². The summed E-state index contributed by atoms with van der Waals surface area (Å²) in [6, 6.07) is 2.05. The van der Waals surface area contributed by atoms with Crippen LogP contribution >= 0.6 is 15.9 Å². The zero-order valence-corrected chi connectivity index (χ0v) is 9.54. The monoisotopic (exact) mass is 254 g/mol. The quantitative estimate of drug-likeness (QED) is 0.710. The van der Waals surface area contributed by atoms with E-state index in [9.17, 15) is 0 Å². The first-order chi connectivity index (χ1) is 6.69. The van der Waals surface area contributed by atoms with Crippen molar-refractivity contribution < 1.29 is 4.74 Å². The van der Waals surface area contributed by atoms with E-state index in [1.165, 1.54) is 0 Å². The fraction of sp³-hybridized carbons (Fsp3) is 0.500. The van der Waals surface area contributed by atoms with Crippen molar-refractivity contribution in [1.82, 2.24) is 4.98 Å².